The zero-order chi connectivity index (χ0) is 44.1. The van der Waals surface area contributed by atoms with Crippen molar-refractivity contribution in [3.05, 3.63) is 236 Å². The van der Waals surface area contributed by atoms with Crippen LogP contribution in [0.5, 0.6) is 0 Å². The summed E-state index contributed by atoms with van der Waals surface area (Å²) in [6.07, 6.45) is 0. The highest BCUT2D eigenvalue weighted by Gasteiger charge is 2.20. The van der Waals surface area contributed by atoms with E-state index in [0.29, 0.717) is 27.9 Å². The van der Waals surface area contributed by atoms with Crippen molar-refractivity contribution >= 4 is 38.6 Å². The van der Waals surface area contributed by atoms with E-state index in [2.05, 4.69) is 24.3 Å². The van der Waals surface area contributed by atoms with E-state index in [-0.39, 0.29) is 64.8 Å². The number of rotatable bonds is 8. The van der Waals surface area contributed by atoms with E-state index in [9.17, 15) is 9.60 Å². The van der Waals surface area contributed by atoms with Gasteiger partial charge in [-0.05, 0) is 114 Å². The quantitative estimate of drug-likeness (QED) is 0.150. The summed E-state index contributed by atoms with van der Waals surface area (Å²) in [4.78, 5) is 1.58. The van der Waals surface area contributed by atoms with Crippen molar-refractivity contribution in [2.24, 2.45) is 0 Å². The number of fused-ring (bicyclic) bond motifs is 2. The fourth-order valence-electron chi connectivity index (χ4n) is 7.64. The molecular weight excluding hydrogens is 687 g/mol. The highest BCUT2D eigenvalue weighted by Crippen LogP contribution is 2.45. The van der Waals surface area contributed by atoms with E-state index in [0.717, 1.165) is 43.8 Å². The van der Waals surface area contributed by atoms with Gasteiger partial charge in [-0.3, -0.25) is 0 Å². The zero-order valence-corrected chi connectivity index (χ0v) is 30.9. The van der Waals surface area contributed by atoms with Crippen molar-refractivity contribution < 1.29 is 9.60 Å². The van der Waals surface area contributed by atoms with Crippen molar-refractivity contribution in [3.8, 4) is 55.6 Å². The largest absolute Gasteiger partial charge is 0.310 e. The van der Waals surface area contributed by atoms with Gasteiger partial charge in [-0.2, -0.15) is 0 Å². The Bertz CT molecular complexity index is 3380. The van der Waals surface area contributed by atoms with Crippen LogP contribution >= 0.6 is 0 Å². The Hall–Kier alpha value is -7.48. The Morgan fingerprint density at radius 2 is 0.877 bits per heavy atom. The molecule has 0 bridgehead atoms. The molecule has 0 unspecified atom stereocenters. The van der Waals surface area contributed by atoms with Crippen molar-refractivity contribution in [2.45, 2.75) is 0 Å². The SMILES string of the molecule is [2H]c1c([2H])c(N(c2cccc(-c3ccc4ccccc4c3)c2)c2c([2H])c([2H])c(-c3c(-c4ccccc4)ccc4ccccc34)c([2H])c2[2H])c(-c2ccccc2)c([2H])c1-c1ccccc1. The molecule has 1 heteroatoms. The van der Waals surface area contributed by atoms with Gasteiger partial charge in [0.15, 0.2) is 0 Å². The number of benzene rings is 10. The summed E-state index contributed by atoms with van der Waals surface area (Å²) < 4.78 is 69.1. The Kier molecular flexibility index (Phi) is 7.14. The number of hydrogen-bond donors (Lipinski definition) is 0. The van der Waals surface area contributed by atoms with Crippen LogP contribution in [-0.2, 0) is 0 Å². The van der Waals surface area contributed by atoms with Crippen LogP contribution in [0.3, 0.4) is 0 Å². The molecule has 57 heavy (non-hydrogen) atoms. The van der Waals surface area contributed by atoms with Crippen LogP contribution in [0.15, 0.2) is 236 Å². The van der Waals surface area contributed by atoms with Gasteiger partial charge in [-0.15, -0.1) is 0 Å². The Morgan fingerprint density at radius 3 is 1.61 bits per heavy atom. The predicted octanol–water partition coefficient (Wildman–Crippen LogP) is 15.8. The smallest absolute Gasteiger partial charge is 0.0645 e. The van der Waals surface area contributed by atoms with Crippen molar-refractivity contribution in [2.75, 3.05) is 4.90 Å². The van der Waals surface area contributed by atoms with Crippen LogP contribution in [0, 0.1) is 0 Å². The van der Waals surface area contributed by atoms with Gasteiger partial charge in [-0.25, -0.2) is 0 Å². The number of nitrogens with zero attached hydrogens (tertiary/aromatic N) is 1. The molecule has 268 valence electrons. The van der Waals surface area contributed by atoms with E-state index in [4.69, 9.17) is 0 Å². The zero-order valence-electron chi connectivity index (χ0n) is 37.9. The van der Waals surface area contributed by atoms with Crippen molar-refractivity contribution in [3.63, 3.8) is 0 Å². The van der Waals surface area contributed by atoms with Crippen LogP contribution < -0.4 is 4.90 Å². The Balaban J connectivity index is 1.30. The highest BCUT2D eigenvalue weighted by molar-refractivity contribution is 6.04. The van der Waals surface area contributed by atoms with Crippen molar-refractivity contribution in [1.29, 1.82) is 0 Å². The van der Waals surface area contributed by atoms with E-state index in [1.807, 2.05) is 170 Å². The molecule has 1 nitrogen and oxygen atoms in total. The summed E-state index contributed by atoms with van der Waals surface area (Å²) >= 11 is 0. The molecule has 10 rings (SSSR count). The average molecular weight is 733 g/mol. The molecule has 0 heterocycles. The molecule has 0 fully saturated rings. The predicted molar refractivity (Wildman–Crippen MR) is 243 cm³/mol. The molecule has 0 radical (unpaired) electrons. The summed E-state index contributed by atoms with van der Waals surface area (Å²) in [6, 6.07) is 60.2. The molecule has 0 saturated carbocycles. The maximum absolute atomic E-state index is 9.99. The summed E-state index contributed by atoms with van der Waals surface area (Å²) in [5, 5.41) is 3.81. The number of hydrogen-bond acceptors (Lipinski definition) is 1. The monoisotopic (exact) mass is 732 g/mol. The molecule has 0 aromatic heterocycles. The normalized spacial score (nSPS) is 12.9. The fraction of sp³-hybridized carbons (Fsp3) is 0. The lowest BCUT2D eigenvalue weighted by atomic mass is 9.89. The second kappa shape index (κ2) is 15.0. The van der Waals surface area contributed by atoms with E-state index >= 15 is 0 Å². The minimum atomic E-state index is -0.331. The standard InChI is InChI=1S/C56H39N/c1-4-15-40(16-5-1)49-32-36-55(54(39-49)43-20-8-3-9-21-43)57(51-25-14-24-47(38-51)48-28-27-41-17-10-11-23-46(41)37-48)50-33-29-45(30-34-50)56-52-26-13-12-22-44(52)31-35-53(56)42-18-6-2-7-19-42/h1-39H/i29D,30D,32D,33D,34D,36D,39D. The lowest BCUT2D eigenvalue weighted by Crippen LogP contribution is -2.11. The third kappa shape index (κ3) is 6.66. The van der Waals surface area contributed by atoms with Gasteiger partial charge in [-0.1, -0.05) is 194 Å². The van der Waals surface area contributed by atoms with Gasteiger partial charge in [0.1, 0.15) is 0 Å². The van der Waals surface area contributed by atoms with Gasteiger partial charge in [0.05, 0.1) is 15.3 Å². The first-order chi connectivity index (χ1) is 31.2. The van der Waals surface area contributed by atoms with E-state index < -0.39 is 0 Å². The van der Waals surface area contributed by atoms with Gasteiger partial charge in [0.25, 0.3) is 0 Å². The summed E-state index contributed by atoms with van der Waals surface area (Å²) in [5.74, 6) is 0. The topological polar surface area (TPSA) is 3.24 Å². The minimum absolute atomic E-state index is 0.000725. The fourth-order valence-corrected chi connectivity index (χ4v) is 7.64. The molecular formula is C56H39N. The summed E-state index contributed by atoms with van der Waals surface area (Å²) in [6.45, 7) is 0. The van der Waals surface area contributed by atoms with Crippen LogP contribution in [0.4, 0.5) is 17.1 Å². The molecule has 0 saturated heterocycles. The van der Waals surface area contributed by atoms with Crippen LogP contribution in [0.2, 0.25) is 0 Å². The highest BCUT2D eigenvalue weighted by atomic mass is 15.1. The van der Waals surface area contributed by atoms with Crippen LogP contribution in [0.1, 0.15) is 9.60 Å². The first-order valence-electron chi connectivity index (χ1n) is 22.5. The van der Waals surface area contributed by atoms with Gasteiger partial charge in [0, 0.05) is 16.9 Å². The molecule has 10 aromatic carbocycles. The molecule has 0 spiro atoms. The number of anilines is 3. The molecule has 0 atom stereocenters. The second-order valence-electron chi connectivity index (χ2n) is 14.0. The average Bonchev–Trinajstić information content (AvgIpc) is 3.34. The van der Waals surface area contributed by atoms with Crippen molar-refractivity contribution in [1.82, 2.24) is 0 Å². The third-order valence-electron chi connectivity index (χ3n) is 10.4. The van der Waals surface area contributed by atoms with Crippen LogP contribution in [0.25, 0.3) is 77.2 Å². The molecule has 0 aliphatic heterocycles. The molecule has 0 amide bonds. The summed E-state index contributed by atoms with van der Waals surface area (Å²) in [7, 11) is 0. The van der Waals surface area contributed by atoms with Crippen LogP contribution in [-0.4, -0.2) is 0 Å². The van der Waals surface area contributed by atoms with E-state index in [1.54, 1.807) is 4.90 Å². The van der Waals surface area contributed by atoms with Gasteiger partial charge < -0.3 is 4.90 Å². The maximum atomic E-state index is 9.99. The minimum Gasteiger partial charge on any atom is -0.310 e. The molecule has 0 aliphatic rings. The second-order valence-corrected chi connectivity index (χ2v) is 14.0. The van der Waals surface area contributed by atoms with Gasteiger partial charge in [0.2, 0.25) is 0 Å². The molecule has 0 N–H and O–H groups in total. The summed E-state index contributed by atoms with van der Waals surface area (Å²) in [5.41, 5.74) is 6.32. The van der Waals surface area contributed by atoms with Gasteiger partial charge >= 0.3 is 0 Å². The Morgan fingerprint density at radius 1 is 0.316 bits per heavy atom. The first kappa shape index (κ1) is 27.2. The molecule has 0 aliphatic carbocycles. The van der Waals surface area contributed by atoms with E-state index in [1.165, 1.54) is 0 Å². The Labute approximate surface area is 344 Å². The lowest BCUT2D eigenvalue weighted by Gasteiger charge is -2.29. The third-order valence-corrected chi connectivity index (χ3v) is 10.4. The lowest BCUT2D eigenvalue weighted by molar-refractivity contribution is 1.28. The molecule has 10 aromatic rings. The maximum Gasteiger partial charge on any atom is 0.0645 e. The first-order valence-corrected chi connectivity index (χ1v) is 19.0.